The van der Waals surface area contributed by atoms with Crippen molar-refractivity contribution in [2.24, 2.45) is 5.41 Å². The maximum atomic E-state index is 9.62. The second-order valence-electron chi connectivity index (χ2n) is 5.95. The number of oxazole rings is 1. The minimum atomic E-state index is -0.254. The van der Waals surface area contributed by atoms with Gasteiger partial charge < -0.3 is 9.32 Å². The third kappa shape index (κ3) is 1.90. The standard InChI is InChI=1S/C16H19N3O/c1-11-18-13-9-12(5-6-14(13)20-11)15(19(2)3)16(10-17)7-4-8-16/h5-6,9,15H,4,7-8H2,1-3H3. The highest BCUT2D eigenvalue weighted by Gasteiger charge is 2.46. The lowest BCUT2D eigenvalue weighted by Gasteiger charge is -2.45. The van der Waals surface area contributed by atoms with Crippen molar-refractivity contribution in [3.63, 3.8) is 0 Å². The normalized spacial score (nSPS) is 18.8. The van der Waals surface area contributed by atoms with Crippen molar-refractivity contribution < 1.29 is 4.42 Å². The van der Waals surface area contributed by atoms with Crippen molar-refractivity contribution in [3.8, 4) is 6.07 Å². The zero-order valence-electron chi connectivity index (χ0n) is 12.2. The average Bonchev–Trinajstić information content (AvgIpc) is 2.72. The first-order valence-electron chi connectivity index (χ1n) is 7.00. The van der Waals surface area contributed by atoms with Gasteiger partial charge in [-0.15, -0.1) is 0 Å². The van der Waals surface area contributed by atoms with Crippen LogP contribution in [0.4, 0.5) is 0 Å². The summed E-state index contributed by atoms with van der Waals surface area (Å²) in [5, 5.41) is 9.62. The number of hydrogen-bond donors (Lipinski definition) is 0. The summed E-state index contributed by atoms with van der Waals surface area (Å²) in [6.07, 6.45) is 3.09. The summed E-state index contributed by atoms with van der Waals surface area (Å²) in [4.78, 5) is 6.55. The summed E-state index contributed by atoms with van der Waals surface area (Å²) in [5.74, 6) is 0.678. The van der Waals surface area contributed by atoms with Crippen LogP contribution in [0.2, 0.25) is 0 Å². The van der Waals surface area contributed by atoms with Crippen molar-refractivity contribution in [3.05, 3.63) is 29.7 Å². The van der Waals surface area contributed by atoms with Gasteiger partial charge in [-0.05, 0) is 44.6 Å². The number of rotatable bonds is 3. The second kappa shape index (κ2) is 4.60. The number of aryl methyl sites for hydroxylation is 1. The average molecular weight is 269 g/mol. The first-order chi connectivity index (χ1) is 9.55. The van der Waals surface area contributed by atoms with Crippen molar-refractivity contribution in [2.45, 2.75) is 32.2 Å². The lowest BCUT2D eigenvalue weighted by atomic mass is 9.63. The van der Waals surface area contributed by atoms with E-state index in [9.17, 15) is 5.26 Å². The van der Waals surface area contributed by atoms with Gasteiger partial charge in [-0.2, -0.15) is 5.26 Å². The van der Waals surface area contributed by atoms with E-state index in [2.05, 4.69) is 28.1 Å². The summed E-state index contributed by atoms with van der Waals surface area (Å²) in [7, 11) is 4.08. The molecule has 0 aliphatic heterocycles. The quantitative estimate of drug-likeness (QED) is 0.856. The molecule has 1 aromatic heterocycles. The van der Waals surface area contributed by atoms with Crippen molar-refractivity contribution in [1.82, 2.24) is 9.88 Å². The largest absolute Gasteiger partial charge is 0.441 e. The Bertz CT molecular complexity index is 677. The molecule has 1 atom stereocenters. The van der Waals surface area contributed by atoms with E-state index in [0.29, 0.717) is 5.89 Å². The smallest absolute Gasteiger partial charge is 0.192 e. The van der Waals surface area contributed by atoms with Gasteiger partial charge in [0.15, 0.2) is 11.5 Å². The van der Waals surface area contributed by atoms with Gasteiger partial charge in [-0.25, -0.2) is 4.98 Å². The zero-order chi connectivity index (χ0) is 14.3. The Morgan fingerprint density at radius 3 is 2.70 bits per heavy atom. The summed E-state index contributed by atoms with van der Waals surface area (Å²) >= 11 is 0. The van der Waals surface area contributed by atoms with E-state index in [1.807, 2.05) is 27.1 Å². The highest BCUT2D eigenvalue weighted by Crippen LogP contribution is 2.51. The van der Waals surface area contributed by atoms with Crippen LogP contribution in [0.15, 0.2) is 22.6 Å². The van der Waals surface area contributed by atoms with Crippen LogP contribution in [0.5, 0.6) is 0 Å². The minimum absolute atomic E-state index is 0.114. The predicted octanol–water partition coefficient (Wildman–Crippen LogP) is 3.43. The number of hydrogen-bond acceptors (Lipinski definition) is 4. The molecule has 1 unspecified atom stereocenters. The van der Waals surface area contributed by atoms with Crippen LogP contribution in [0.3, 0.4) is 0 Å². The molecule has 104 valence electrons. The second-order valence-corrected chi connectivity index (χ2v) is 5.95. The fraction of sp³-hybridized carbons (Fsp3) is 0.500. The Kier molecular flexibility index (Phi) is 3.02. The molecule has 0 radical (unpaired) electrons. The Balaban J connectivity index is 2.07. The number of nitriles is 1. The molecule has 20 heavy (non-hydrogen) atoms. The summed E-state index contributed by atoms with van der Waals surface area (Å²) in [6, 6.07) is 8.77. The van der Waals surface area contributed by atoms with E-state index < -0.39 is 0 Å². The molecule has 1 heterocycles. The van der Waals surface area contributed by atoms with Crippen LogP contribution in [0, 0.1) is 23.7 Å². The van der Waals surface area contributed by atoms with Crippen LogP contribution < -0.4 is 0 Å². The molecule has 0 spiro atoms. The molecule has 2 aromatic rings. The van der Waals surface area contributed by atoms with Crippen LogP contribution in [0.25, 0.3) is 11.1 Å². The molecule has 0 bridgehead atoms. The van der Waals surface area contributed by atoms with E-state index in [-0.39, 0.29) is 11.5 Å². The monoisotopic (exact) mass is 269 g/mol. The highest BCUT2D eigenvalue weighted by atomic mass is 16.3. The first-order valence-corrected chi connectivity index (χ1v) is 7.00. The van der Waals surface area contributed by atoms with Gasteiger partial charge in [-0.3, -0.25) is 0 Å². The third-order valence-corrected chi connectivity index (χ3v) is 4.34. The summed E-state index contributed by atoms with van der Waals surface area (Å²) < 4.78 is 5.53. The van der Waals surface area contributed by atoms with E-state index >= 15 is 0 Å². The lowest BCUT2D eigenvalue weighted by molar-refractivity contribution is 0.0749. The first kappa shape index (κ1) is 13.1. The Morgan fingerprint density at radius 1 is 1.40 bits per heavy atom. The van der Waals surface area contributed by atoms with E-state index in [0.717, 1.165) is 35.9 Å². The molecule has 3 rings (SSSR count). The van der Waals surface area contributed by atoms with Gasteiger partial charge >= 0.3 is 0 Å². The molecular weight excluding hydrogens is 250 g/mol. The van der Waals surface area contributed by atoms with Crippen LogP contribution in [0.1, 0.15) is 36.8 Å². The number of aromatic nitrogens is 1. The molecule has 1 fully saturated rings. The number of nitrogens with zero attached hydrogens (tertiary/aromatic N) is 3. The fourth-order valence-electron chi connectivity index (χ4n) is 3.35. The molecule has 0 saturated heterocycles. The van der Waals surface area contributed by atoms with Crippen molar-refractivity contribution >= 4 is 11.1 Å². The molecule has 0 amide bonds. The van der Waals surface area contributed by atoms with Crippen molar-refractivity contribution in [2.75, 3.05) is 14.1 Å². The Labute approximate surface area is 119 Å². The molecule has 0 N–H and O–H groups in total. The van der Waals surface area contributed by atoms with Crippen LogP contribution >= 0.6 is 0 Å². The molecule has 4 nitrogen and oxygen atoms in total. The molecule has 1 aliphatic carbocycles. The van der Waals surface area contributed by atoms with Gasteiger partial charge in [-0.1, -0.05) is 12.5 Å². The predicted molar refractivity (Wildman–Crippen MR) is 77.1 cm³/mol. The van der Waals surface area contributed by atoms with Crippen LogP contribution in [-0.4, -0.2) is 24.0 Å². The maximum Gasteiger partial charge on any atom is 0.192 e. The molecule has 1 aromatic carbocycles. The van der Waals surface area contributed by atoms with Gasteiger partial charge in [0.05, 0.1) is 17.5 Å². The molecule has 4 heteroatoms. The number of benzene rings is 1. The molecular formula is C16H19N3O. The topological polar surface area (TPSA) is 53.1 Å². The summed E-state index contributed by atoms with van der Waals surface area (Å²) in [5.41, 5.74) is 2.58. The molecule has 1 aliphatic rings. The molecule has 1 saturated carbocycles. The Hall–Kier alpha value is -1.86. The van der Waals surface area contributed by atoms with Crippen LogP contribution in [-0.2, 0) is 0 Å². The van der Waals surface area contributed by atoms with E-state index in [1.165, 1.54) is 0 Å². The van der Waals surface area contributed by atoms with Gasteiger partial charge in [0.25, 0.3) is 0 Å². The fourth-order valence-corrected chi connectivity index (χ4v) is 3.35. The highest BCUT2D eigenvalue weighted by molar-refractivity contribution is 5.73. The zero-order valence-corrected chi connectivity index (χ0v) is 12.2. The number of fused-ring (bicyclic) bond motifs is 1. The third-order valence-electron chi connectivity index (χ3n) is 4.34. The summed E-state index contributed by atoms with van der Waals surface area (Å²) in [6.45, 7) is 1.85. The van der Waals surface area contributed by atoms with Crippen molar-refractivity contribution in [1.29, 1.82) is 5.26 Å². The SMILES string of the molecule is Cc1nc2cc(C(N(C)C)C3(C#N)CCC3)ccc2o1. The minimum Gasteiger partial charge on any atom is -0.441 e. The Morgan fingerprint density at radius 2 is 2.15 bits per heavy atom. The van der Waals surface area contributed by atoms with Gasteiger partial charge in [0, 0.05) is 6.92 Å². The van der Waals surface area contributed by atoms with E-state index in [1.54, 1.807) is 0 Å². The lowest BCUT2D eigenvalue weighted by Crippen LogP contribution is -2.41. The maximum absolute atomic E-state index is 9.62. The van der Waals surface area contributed by atoms with E-state index in [4.69, 9.17) is 4.42 Å². The van der Waals surface area contributed by atoms with Gasteiger partial charge in [0.1, 0.15) is 5.52 Å². The van der Waals surface area contributed by atoms with Gasteiger partial charge in [0.2, 0.25) is 0 Å².